The van der Waals surface area contributed by atoms with E-state index in [1.54, 1.807) is 17.0 Å². The highest BCUT2D eigenvalue weighted by molar-refractivity contribution is 7.13. The molecule has 0 aliphatic heterocycles. The third kappa shape index (κ3) is 2.50. The number of fused-ring (bicyclic) bond motifs is 1. The zero-order chi connectivity index (χ0) is 15.9. The van der Waals surface area contributed by atoms with Crippen LogP contribution < -0.4 is 10.7 Å². The maximum absolute atomic E-state index is 13.4. The molecule has 0 radical (unpaired) electrons. The van der Waals surface area contributed by atoms with E-state index >= 15 is 0 Å². The first kappa shape index (κ1) is 14.4. The summed E-state index contributed by atoms with van der Waals surface area (Å²) in [7, 11) is 1.70. The summed E-state index contributed by atoms with van der Waals surface area (Å²) in [6.07, 6.45) is 1.44. The van der Waals surface area contributed by atoms with Crippen molar-refractivity contribution in [3.05, 3.63) is 57.1 Å². The minimum absolute atomic E-state index is 0.0477. The van der Waals surface area contributed by atoms with Gasteiger partial charge in [-0.1, -0.05) is 0 Å². The summed E-state index contributed by atoms with van der Waals surface area (Å²) in [6, 6.07) is 3.93. The first-order valence-corrected chi connectivity index (χ1v) is 7.36. The van der Waals surface area contributed by atoms with Crippen molar-refractivity contribution in [3.63, 3.8) is 0 Å². The summed E-state index contributed by atoms with van der Waals surface area (Å²) in [5, 5.41) is 4.97. The number of carbonyl (C=O) groups excluding carboxylic acids is 1. The monoisotopic (exact) mass is 317 g/mol. The summed E-state index contributed by atoms with van der Waals surface area (Å²) in [6.45, 7) is 1.81. The van der Waals surface area contributed by atoms with E-state index in [-0.39, 0.29) is 10.9 Å². The second-order valence-corrected chi connectivity index (χ2v) is 5.75. The van der Waals surface area contributed by atoms with E-state index in [4.69, 9.17) is 0 Å². The zero-order valence-electron chi connectivity index (χ0n) is 11.9. The Bertz CT molecular complexity index is 946. The molecule has 0 bridgehead atoms. The summed E-state index contributed by atoms with van der Waals surface area (Å²) < 4.78 is 15.0. The molecule has 22 heavy (non-hydrogen) atoms. The fourth-order valence-corrected chi connectivity index (χ4v) is 2.89. The first-order chi connectivity index (χ1) is 10.5. The van der Waals surface area contributed by atoms with Crippen LogP contribution in [0.5, 0.6) is 0 Å². The number of anilines is 1. The Hall–Kier alpha value is -2.54. The number of pyridine rings is 1. The van der Waals surface area contributed by atoms with Gasteiger partial charge >= 0.3 is 0 Å². The standard InChI is InChI=1S/C15H12FN3O2S/c1-8-7-22-15(17-8)18-14(21)11-6-19(2)12-4-3-9(16)5-10(12)13(11)20/h3-7H,1-2H3,(H,17,18,21). The predicted molar refractivity (Wildman–Crippen MR) is 84.0 cm³/mol. The predicted octanol–water partition coefficient (Wildman–Crippen LogP) is 2.69. The Kier molecular flexibility index (Phi) is 3.50. The number of aromatic nitrogens is 2. The molecule has 3 rings (SSSR count). The van der Waals surface area contributed by atoms with E-state index in [0.717, 1.165) is 11.8 Å². The Morgan fingerprint density at radius 3 is 2.86 bits per heavy atom. The lowest BCUT2D eigenvalue weighted by Gasteiger charge is -2.08. The molecule has 0 atom stereocenters. The van der Waals surface area contributed by atoms with Crippen molar-refractivity contribution in [2.24, 2.45) is 7.05 Å². The van der Waals surface area contributed by atoms with Crippen molar-refractivity contribution in [1.82, 2.24) is 9.55 Å². The lowest BCUT2D eigenvalue weighted by atomic mass is 10.1. The summed E-state index contributed by atoms with van der Waals surface area (Å²) in [4.78, 5) is 28.8. The molecule has 0 aliphatic carbocycles. The van der Waals surface area contributed by atoms with Crippen LogP contribution in [0.2, 0.25) is 0 Å². The fourth-order valence-electron chi connectivity index (χ4n) is 2.20. The van der Waals surface area contributed by atoms with Crippen LogP contribution in [0.1, 0.15) is 16.1 Å². The van der Waals surface area contributed by atoms with Crippen LogP contribution in [-0.4, -0.2) is 15.5 Å². The van der Waals surface area contributed by atoms with Crippen LogP contribution in [0.4, 0.5) is 9.52 Å². The Morgan fingerprint density at radius 2 is 2.18 bits per heavy atom. The van der Waals surface area contributed by atoms with E-state index < -0.39 is 17.2 Å². The SMILES string of the molecule is Cc1csc(NC(=O)c2cn(C)c3ccc(F)cc3c2=O)n1. The number of rotatable bonds is 2. The number of amides is 1. The Balaban J connectivity index is 2.09. The number of carbonyl (C=O) groups is 1. The average molecular weight is 317 g/mol. The van der Waals surface area contributed by atoms with E-state index in [2.05, 4.69) is 10.3 Å². The van der Waals surface area contributed by atoms with Gasteiger partial charge in [-0.2, -0.15) is 0 Å². The van der Waals surface area contributed by atoms with Gasteiger partial charge in [0.15, 0.2) is 5.13 Å². The zero-order valence-corrected chi connectivity index (χ0v) is 12.7. The number of halogens is 1. The lowest BCUT2D eigenvalue weighted by Crippen LogP contribution is -2.23. The molecule has 2 heterocycles. The normalized spacial score (nSPS) is 10.9. The van der Waals surface area contributed by atoms with Gasteiger partial charge in [-0.05, 0) is 25.1 Å². The molecule has 0 fully saturated rings. The number of nitrogens with one attached hydrogen (secondary N) is 1. The first-order valence-electron chi connectivity index (χ1n) is 6.48. The van der Waals surface area contributed by atoms with E-state index in [9.17, 15) is 14.0 Å². The van der Waals surface area contributed by atoms with Crippen molar-refractivity contribution in [2.45, 2.75) is 6.92 Å². The molecule has 0 saturated heterocycles. The quantitative estimate of drug-likeness (QED) is 0.790. The van der Waals surface area contributed by atoms with Gasteiger partial charge in [0.25, 0.3) is 5.91 Å². The smallest absolute Gasteiger partial charge is 0.262 e. The highest BCUT2D eigenvalue weighted by Crippen LogP contribution is 2.16. The van der Waals surface area contributed by atoms with Crippen molar-refractivity contribution < 1.29 is 9.18 Å². The fraction of sp³-hybridized carbons (Fsp3) is 0.133. The topological polar surface area (TPSA) is 64.0 Å². The number of thiazole rings is 1. The molecule has 112 valence electrons. The molecule has 5 nitrogen and oxygen atoms in total. The van der Waals surface area contributed by atoms with Crippen LogP contribution in [0.15, 0.2) is 34.6 Å². The summed E-state index contributed by atoms with van der Waals surface area (Å²) in [5.74, 6) is -1.07. The van der Waals surface area contributed by atoms with Gasteiger partial charge in [-0.3, -0.25) is 14.9 Å². The lowest BCUT2D eigenvalue weighted by molar-refractivity contribution is 0.102. The van der Waals surface area contributed by atoms with Gasteiger partial charge in [-0.15, -0.1) is 11.3 Å². The number of aryl methyl sites for hydroxylation is 2. The molecule has 0 saturated carbocycles. The van der Waals surface area contributed by atoms with Crippen LogP contribution in [0.25, 0.3) is 10.9 Å². The number of nitrogens with zero attached hydrogens (tertiary/aromatic N) is 2. The van der Waals surface area contributed by atoms with Crippen molar-refractivity contribution in [3.8, 4) is 0 Å². The molecule has 0 aliphatic rings. The minimum atomic E-state index is -0.555. The third-order valence-electron chi connectivity index (χ3n) is 3.23. The van der Waals surface area contributed by atoms with Gasteiger partial charge in [0.1, 0.15) is 11.4 Å². The highest BCUT2D eigenvalue weighted by Gasteiger charge is 2.16. The summed E-state index contributed by atoms with van der Waals surface area (Å²) >= 11 is 1.28. The summed E-state index contributed by atoms with van der Waals surface area (Å²) in [5.41, 5.74) is 0.800. The second-order valence-electron chi connectivity index (χ2n) is 4.89. The molecule has 1 N–H and O–H groups in total. The third-order valence-corrected chi connectivity index (χ3v) is 4.11. The molecule has 7 heteroatoms. The number of hydrogen-bond acceptors (Lipinski definition) is 4. The molecular weight excluding hydrogens is 305 g/mol. The molecule has 1 aromatic carbocycles. The number of hydrogen-bond donors (Lipinski definition) is 1. The van der Waals surface area contributed by atoms with Crippen molar-refractivity contribution in [1.29, 1.82) is 0 Å². The average Bonchev–Trinajstić information content (AvgIpc) is 2.87. The number of benzene rings is 1. The molecule has 3 aromatic rings. The van der Waals surface area contributed by atoms with Crippen LogP contribution in [0, 0.1) is 12.7 Å². The van der Waals surface area contributed by atoms with Crippen molar-refractivity contribution >= 4 is 33.3 Å². The minimum Gasteiger partial charge on any atom is -0.350 e. The van der Waals surface area contributed by atoms with Gasteiger partial charge in [0.2, 0.25) is 5.43 Å². The van der Waals surface area contributed by atoms with Gasteiger partial charge in [0.05, 0.1) is 11.2 Å². The molecule has 0 spiro atoms. The largest absolute Gasteiger partial charge is 0.350 e. The van der Waals surface area contributed by atoms with E-state index in [1.807, 2.05) is 6.92 Å². The van der Waals surface area contributed by atoms with Gasteiger partial charge in [-0.25, -0.2) is 9.37 Å². The van der Waals surface area contributed by atoms with Crippen LogP contribution in [0.3, 0.4) is 0 Å². The molecule has 0 unspecified atom stereocenters. The van der Waals surface area contributed by atoms with Gasteiger partial charge in [0, 0.05) is 24.0 Å². The Labute approximate surface area is 129 Å². The van der Waals surface area contributed by atoms with Gasteiger partial charge < -0.3 is 4.57 Å². The van der Waals surface area contributed by atoms with E-state index in [1.165, 1.54) is 29.7 Å². The second kappa shape index (κ2) is 5.34. The van der Waals surface area contributed by atoms with Crippen molar-refractivity contribution in [2.75, 3.05) is 5.32 Å². The molecular formula is C15H12FN3O2S. The maximum Gasteiger partial charge on any atom is 0.262 e. The maximum atomic E-state index is 13.4. The Morgan fingerprint density at radius 1 is 1.41 bits per heavy atom. The molecule has 1 amide bonds. The van der Waals surface area contributed by atoms with Crippen LogP contribution >= 0.6 is 11.3 Å². The molecule has 2 aromatic heterocycles. The van der Waals surface area contributed by atoms with Crippen LogP contribution in [-0.2, 0) is 7.05 Å². The highest BCUT2D eigenvalue weighted by atomic mass is 32.1. The van der Waals surface area contributed by atoms with E-state index in [0.29, 0.717) is 10.6 Å².